The Hall–Kier alpha value is -3.81. The molecule has 0 aliphatic carbocycles. The van der Waals surface area contributed by atoms with Gasteiger partial charge in [-0.1, -0.05) is 18.2 Å². The summed E-state index contributed by atoms with van der Waals surface area (Å²) in [5.74, 6) is 1.89. The molecule has 8 nitrogen and oxygen atoms in total. The van der Waals surface area contributed by atoms with Crippen LogP contribution >= 0.6 is 0 Å². The van der Waals surface area contributed by atoms with Gasteiger partial charge in [-0.25, -0.2) is 0 Å². The number of benzene rings is 2. The monoisotopic (exact) mass is 380 g/mol. The fraction of sp³-hybridized carbons (Fsp3) is 0.150. The Morgan fingerprint density at radius 2 is 1.32 bits per heavy atom. The number of carbonyl (C=O) groups is 1. The summed E-state index contributed by atoms with van der Waals surface area (Å²) in [6, 6.07) is 15.9. The number of nitrogens with one attached hydrogen (secondary N) is 2. The Balaban J connectivity index is 1.75. The van der Waals surface area contributed by atoms with Gasteiger partial charge in [0.25, 0.3) is 5.91 Å². The van der Waals surface area contributed by atoms with Crippen molar-refractivity contribution in [3.8, 4) is 17.2 Å². The number of hydrogen-bond acceptors (Lipinski definition) is 7. The van der Waals surface area contributed by atoms with Crippen LogP contribution < -0.4 is 24.8 Å². The van der Waals surface area contributed by atoms with Crippen LogP contribution in [0.3, 0.4) is 0 Å². The van der Waals surface area contributed by atoms with Crippen molar-refractivity contribution in [2.45, 2.75) is 0 Å². The Kier molecular flexibility index (Phi) is 5.91. The van der Waals surface area contributed by atoms with Crippen LogP contribution in [-0.2, 0) is 0 Å². The minimum atomic E-state index is -0.408. The Morgan fingerprint density at radius 1 is 0.750 bits per heavy atom. The lowest BCUT2D eigenvalue weighted by atomic mass is 10.1. The summed E-state index contributed by atoms with van der Waals surface area (Å²) in [5.41, 5.74) is 1.04. The van der Waals surface area contributed by atoms with E-state index in [-0.39, 0.29) is 5.56 Å². The minimum Gasteiger partial charge on any atom is -0.496 e. The van der Waals surface area contributed by atoms with Crippen molar-refractivity contribution in [3.63, 3.8) is 0 Å². The van der Waals surface area contributed by atoms with Gasteiger partial charge in [0.15, 0.2) is 11.6 Å². The van der Waals surface area contributed by atoms with Gasteiger partial charge in [0, 0.05) is 0 Å². The average molecular weight is 380 g/mol. The van der Waals surface area contributed by atoms with Gasteiger partial charge in [0.05, 0.1) is 27.0 Å². The van der Waals surface area contributed by atoms with E-state index in [1.54, 1.807) is 37.4 Å². The van der Waals surface area contributed by atoms with Crippen molar-refractivity contribution < 1.29 is 19.0 Å². The van der Waals surface area contributed by atoms with E-state index in [1.807, 2.05) is 24.3 Å². The molecule has 144 valence electrons. The van der Waals surface area contributed by atoms with Crippen LogP contribution in [0.5, 0.6) is 17.2 Å². The fourth-order valence-corrected chi connectivity index (χ4v) is 2.61. The molecule has 0 saturated carbocycles. The van der Waals surface area contributed by atoms with Gasteiger partial charge in [-0.3, -0.25) is 4.79 Å². The topological polar surface area (TPSA) is 94.6 Å². The van der Waals surface area contributed by atoms with E-state index in [0.29, 0.717) is 28.9 Å². The molecule has 0 radical (unpaired) electrons. The number of rotatable bonds is 7. The third kappa shape index (κ3) is 4.12. The molecule has 0 unspecified atom stereocenters. The van der Waals surface area contributed by atoms with Crippen LogP contribution in [0, 0.1) is 0 Å². The highest BCUT2D eigenvalue weighted by molar-refractivity contribution is 6.07. The first-order valence-corrected chi connectivity index (χ1v) is 8.42. The van der Waals surface area contributed by atoms with E-state index in [9.17, 15) is 4.79 Å². The molecular weight excluding hydrogens is 360 g/mol. The van der Waals surface area contributed by atoms with Crippen LogP contribution in [-0.4, -0.2) is 37.4 Å². The number of ether oxygens (including phenoxy) is 3. The molecule has 8 heteroatoms. The quantitative estimate of drug-likeness (QED) is 0.648. The highest BCUT2D eigenvalue weighted by atomic mass is 16.5. The molecule has 0 saturated heterocycles. The van der Waals surface area contributed by atoms with Crippen molar-refractivity contribution in [3.05, 3.63) is 60.2 Å². The summed E-state index contributed by atoms with van der Waals surface area (Å²) >= 11 is 0. The summed E-state index contributed by atoms with van der Waals surface area (Å²) < 4.78 is 15.8. The summed E-state index contributed by atoms with van der Waals surface area (Å²) in [5, 5.41) is 13.9. The molecule has 1 aromatic heterocycles. The summed E-state index contributed by atoms with van der Waals surface area (Å²) in [7, 11) is 4.57. The van der Waals surface area contributed by atoms with Crippen LogP contribution in [0.1, 0.15) is 10.4 Å². The molecule has 2 N–H and O–H groups in total. The zero-order valence-electron chi connectivity index (χ0n) is 15.7. The number of aromatic nitrogens is 2. The van der Waals surface area contributed by atoms with Crippen molar-refractivity contribution in [2.75, 3.05) is 32.0 Å². The summed E-state index contributed by atoms with van der Waals surface area (Å²) in [4.78, 5) is 12.7. The maximum absolute atomic E-state index is 12.7. The molecule has 3 rings (SSSR count). The zero-order valence-corrected chi connectivity index (χ0v) is 15.7. The normalized spacial score (nSPS) is 10.1. The lowest BCUT2D eigenvalue weighted by Crippen LogP contribution is -2.16. The summed E-state index contributed by atoms with van der Waals surface area (Å²) in [6.45, 7) is 0. The predicted molar refractivity (Wildman–Crippen MR) is 106 cm³/mol. The van der Waals surface area contributed by atoms with Gasteiger partial charge in [0.2, 0.25) is 0 Å². The van der Waals surface area contributed by atoms with Crippen LogP contribution in [0.2, 0.25) is 0 Å². The van der Waals surface area contributed by atoms with E-state index in [4.69, 9.17) is 14.2 Å². The zero-order chi connectivity index (χ0) is 19.9. The fourth-order valence-electron chi connectivity index (χ4n) is 2.61. The molecule has 0 aliphatic heterocycles. The number of hydrogen-bond donors (Lipinski definition) is 2. The Labute approximate surface area is 162 Å². The minimum absolute atomic E-state index is 0.283. The maximum Gasteiger partial charge on any atom is 0.264 e. The molecule has 0 spiro atoms. The highest BCUT2D eigenvalue weighted by Crippen LogP contribution is 2.29. The third-order valence-electron chi connectivity index (χ3n) is 3.93. The Bertz CT molecular complexity index is 938. The maximum atomic E-state index is 12.7. The van der Waals surface area contributed by atoms with E-state index < -0.39 is 5.91 Å². The van der Waals surface area contributed by atoms with Crippen molar-refractivity contribution >= 4 is 23.2 Å². The van der Waals surface area contributed by atoms with Gasteiger partial charge >= 0.3 is 0 Å². The number of anilines is 3. The number of carbonyl (C=O) groups excluding carboxylic acids is 1. The lowest BCUT2D eigenvalue weighted by Gasteiger charge is -2.13. The van der Waals surface area contributed by atoms with Gasteiger partial charge < -0.3 is 24.8 Å². The SMILES string of the molecule is COc1ccccc1Nc1ccc(NC(=O)c2c(OC)cccc2OC)nn1. The van der Waals surface area contributed by atoms with Crippen molar-refractivity contribution in [1.82, 2.24) is 10.2 Å². The second-order valence-electron chi connectivity index (χ2n) is 5.62. The van der Waals surface area contributed by atoms with Crippen LogP contribution in [0.15, 0.2) is 54.6 Å². The first kappa shape index (κ1) is 19.0. The van der Waals surface area contributed by atoms with Crippen molar-refractivity contribution in [2.24, 2.45) is 0 Å². The molecule has 0 bridgehead atoms. The molecule has 3 aromatic rings. The van der Waals surface area contributed by atoms with Gasteiger partial charge in [-0.15, -0.1) is 10.2 Å². The first-order chi connectivity index (χ1) is 13.7. The van der Waals surface area contributed by atoms with E-state index in [2.05, 4.69) is 20.8 Å². The van der Waals surface area contributed by atoms with Crippen LogP contribution in [0.4, 0.5) is 17.3 Å². The van der Waals surface area contributed by atoms with E-state index >= 15 is 0 Å². The second kappa shape index (κ2) is 8.72. The number of nitrogens with zero attached hydrogens (tertiary/aromatic N) is 2. The van der Waals surface area contributed by atoms with Crippen LogP contribution in [0.25, 0.3) is 0 Å². The second-order valence-corrected chi connectivity index (χ2v) is 5.62. The summed E-state index contributed by atoms with van der Waals surface area (Å²) in [6.07, 6.45) is 0. The first-order valence-electron chi connectivity index (χ1n) is 8.42. The number of amides is 1. The van der Waals surface area contributed by atoms with Gasteiger partial charge in [0.1, 0.15) is 22.8 Å². The molecule has 2 aromatic carbocycles. The number of methoxy groups -OCH3 is 3. The standard InChI is InChI=1S/C20H20N4O4/c1-26-14-8-5-4-7-13(14)21-17-11-12-18(24-23-17)22-20(25)19-15(27-2)9-6-10-16(19)28-3/h4-12H,1-3H3,(H,21,23)(H,22,24,25). The molecular formula is C20H20N4O4. The van der Waals surface area contributed by atoms with Gasteiger partial charge in [-0.05, 0) is 36.4 Å². The van der Waals surface area contributed by atoms with Crippen molar-refractivity contribution in [1.29, 1.82) is 0 Å². The third-order valence-corrected chi connectivity index (χ3v) is 3.93. The molecule has 28 heavy (non-hydrogen) atoms. The lowest BCUT2D eigenvalue weighted by molar-refractivity contribution is 0.102. The molecule has 1 amide bonds. The van der Waals surface area contributed by atoms with E-state index in [1.165, 1.54) is 14.2 Å². The molecule has 1 heterocycles. The van der Waals surface area contributed by atoms with E-state index in [0.717, 1.165) is 5.69 Å². The smallest absolute Gasteiger partial charge is 0.264 e. The Morgan fingerprint density at radius 3 is 1.93 bits per heavy atom. The highest BCUT2D eigenvalue weighted by Gasteiger charge is 2.18. The molecule has 0 fully saturated rings. The number of para-hydroxylation sites is 2. The molecule has 0 atom stereocenters. The average Bonchev–Trinajstić information content (AvgIpc) is 2.74. The molecule has 0 aliphatic rings. The predicted octanol–water partition coefficient (Wildman–Crippen LogP) is 3.50. The largest absolute Gasteiger partial charge is 0.496 e. The van der Waals surface area contributed by atoms with Gasteiger partial charge in [-0.2, -0.15) is 0 Å².